The number of carbonyl (C=O) groups excluding carboxylic acids is 4. The van der Waals surface area contributed by atoms with E-state index in [1.165, 1.54) is 31.0 Å². The SMILES string of the molecule is CNC(=O)C1(C)C(=O)CC(C[C@@H](CNC(=O)OC(C)(C)C)c2ccc(O)cc2)C(=O)N1c1ccccc1. The van der Waals surface area contributed by atoms with E-state index in [0.717, 1.165) is 5.56 Å². The number of hydrogen-bond acceptors (Lipinski definition) is 6. The number of aromatic hydroxyl groups is 1. The maximum Gasteiger partial charge on any atom is 0.407 e. The monoisotopic (exact) mass is 509 g/mol. The van der Waals surface area contributed by atoms with Gasteiger partial charge in [0.1, 0.15) is 11.4 Å². The van der Waals surface area contributed by atoms with Crippen LogP contribution in [0.2, 0.25) is 0 Å². The number of nitrogens with zero attached hydrogens (tertiary/aromatic N) is 1. The molecule has 3 N–H and O–H groups in total. The molecule has 1 heterocycles. The molecule has 2 unspecified atom stereocenters. The number of alkyl carbamates (subject to hydrolysis) is 1. The fourth-order valence-corrected chi connectivity index (χ4v) is 4.60. The molecular weight excluding hydrogens is 474 g/mol. The number of likely N-dealkylation sites (N-methyl/N-ethyl adjacent to an activating group) is 1. The third-order valence-electron chi connectivity index (χ3n) is 6.50. The van der Waals surface area contributed by atoms with Gasteiger partial charge in [0.15, 0.2) is 11.3 Å². The average Bonchev–Trinajstić information content (AvgIpc) is 2.84. The van der Waals surface area contributed by atoms with Crippen LogP contribution in [0.25, 0.3) is 0 Å². The van der Waals surface area contributed by atoms with Crippen molar-refractivity contribution in [3.05, 3.63) is 60.2 Å². The van der Waals surface area contributed by atoms with Crippen molar-refractivity contribution in [2.75, 3.05) is 18.5 Å². The van der Waals surface area contributed by atoms with Gasteiger partial charge in [-0.1, -0.05) is 30.3 Å². The number of rotatable bonds is 7. The zero-order valence-corrected chi connectivity index (χ0v) is 21.9. The normalized spacial score (nSPS) is 20.8. The van der Waals surface area contributed by atoms with Crippen molar-refractivity contribution in [1.82, 2.24) is 10.6 Å². The van der Waals surface area contributed by atoms with E-state index in [1.807, 2.05) is 0 Å². The quantitative estimate of drug-likeness (QED) is 0.491. The Bertz CT molecular complexity index is 1140. The number of phenolic OH excluding ortho intramolecular Hbond substituents is 1. The lowest BCUT2D eigenvalue weighted by Gasteiger charge is -2.45. The second kappa shape index (κ2) is 11.0. The lowest BCUT2D eigenvalue weighted by Crippen LogP contribution is -2.68. The molecule has 2 aromatic carbocycles. The molecular formula is C28H35N3O6. The summed E-state index contributed by atoms with van der Waals surface area (Å²) >= 11 is 0. The molecule has 3 amide bonds. The van der Waals surface area contributed by atoms with Crippen LogP contribution in [-0.4, -0.2) is 53.5 Å². The maximum atomic E-state index is 13.9. The van der Waals surface area contributed by atoms with Gasteiger partial charge in [-0.2, -0.15) is 0 Å². The number of ketones is 1. The number of Topliss-reactive ketones (excluding diaryl/α,β-unsaturated/α-hetero) is 1. The number of anilines is 1. The molecule has 0 aromatic heterocycles. The molecule has 3 rings (SSSR count). The first-order chi connectivity index (χ1) is 17.4. The Kier molecular flexibility index (Phi) is 8.25. The van der Waals surface area contributed by atoms with Crippen LogP contribution in [0.3, 0.4) is 0 Å². The minimum Gasteiger partial charge on any atom is -0.508 e. The van der Waals surface area contributed by atoms with Crippen molar-refractivity contribution < 1.29 is 29.0 Å². The van der Waals surface area contributed by atoms with Crippen molar-refractivity contribution in [3.63, 3.8) is 0 Å². The molecule has 1 fully saturated rings. The maximum absolute atomic E-state index is 13.9. The van der Waals surface area contributed by atoms with Gasteiger partial charge in [-0.3, -0.25) is 19.3 Å². The Morgan fingerprint density at radius 2 is 1.73 bits per heavy atom. The average molecular weight is 510 g/mol. The van der Waals surface area contributed by atoms with Gasteiger partial charge >= 0.3 is 6.09 Å². The molecule has 198 valence electrons. The number of para-hydroxylation sites is 1. The van der Waals surface area contributed by atoms with Crippen LogP contribution in [0.1, 0.15) is 52.0 Å². The molecule has 3 atom stereocenters. The summed E-state index contributed by atoms with van der Waals surface area (Å²) in [4.78, 5) is 53.9. The van der Waals surface area contributed by atoms with E-state index < -0.39 is 29.1 Å². The Hall–Kier alpha value is -3.88. The molecule has 1 aliphatic heterocycles. The molecule has 37 heavy (non-hydrogen) atoms. The predicted octanol–water partition coefficient (Wildman–Crippen LogP) is 3.52. The van der Waals surface area contributed by atoms with Gasteiger partial charge in [0.25, 0.3) is 5.91 Å². The number of ether oxygens (including phenoxy) is 1. The summed E-state index contributed by atoms with van der Waals surface area (Å²) in [6.45, 7) is 6.90. The van der Waals surface area contributed by atoms with Crippen molar-refractivity contribution >= 4 is 29.4 Å². The van der Waals surface area contributed by atoms with Crippen LogP contribution in [-0.2, 0) is 19.1 Å². The van der Waals surface area contributed by atoms with E-state index in [4.69, 9.17) is 4.74 Å². The third kappa shape index (κ3) is 6.28. The van der Waals surface area contributed by atoms with Crippen LogP contribution in [0.5, 0.6) is 5.75 Å². The van der Waals surface area contributed by atoms with Crippen molar-refractivity contribution in [3.8, 4) is 5.75 Å². The summed E-state index contributed by atoms with van der Waals surface area (Å²) in [5.41, 5.74) is -1.14. The minimum atomic E-state index is -1.69. The smallest absolute Gasteiger partial charge is 0.407 e. The summed E-state index contributed by atoms with van der Waals surface area (Å²) < 4.78 is 5.35. The second-order valence-corrected chi connectivity index (χ2v) is 10.4. The van der Waals surface area contributed by atoms with Gasteiger partial charge in [-0.15, -0.1) is 0 Å². The van der Waals surface area contributed by atoms with Gasteiger partial charge < -0.3 is 20.5 Å². The minimum absolute atomic E-state index is 0.0862. The van der Waals surface area contributed by atoms with E-state index in [9.17, 15) is 24.3 Å². The highest BCUT2D eigenvalue weighted by atomic mass is 16.6. The molecule has 2 aromatic rings. The van der Waals surface area contributed by atoms with Crippen molar-refractivity contribution in [2.24, 2.45) is 5.92 Å². The first kappa shape index (κ1) is 27.7. The number of amides is 3. The Balaban J connectivity index is 1.93. The zero-order chi connectivity index (χ0) is 27.4. The van der Waals surface area contributed by atoms with Crippen LogP contribution < -0.4 is 15.5 Å². The topological polar surface area (TPSA) is 125 Å². The second-order valence-electron chi connectivity index (χ2n) is 10.4. The van der Waals surface area contributed by atoms with E-state index >= 15 is 0 Å². The molecule has 1 saturated heterocycles. The summed E-state index contributed by atoms with van der Waals surface area (Å²) in [6, 6.07) is 15.1. The van der Waals surface area contributed by atoms with Gasteiger partial charge in [0.2, 0.25) is 5.91 Å². The molecule has 0 radical (unpaired) electrons. The Morgan fingerprint density at radius 1 is 1.11 bits per heavy atom. The van der Waals surface area contributed by atoms with Gasteiger partial charge in [-0.05, 0) is 63.9 Å². The first-order valence-electron chi connectivity index (χ1n) is 12.3. The van der Waals surface area contributed by atoms with Crippen LogP contribution in [0.15, 0.2) is 54.6 Å². The van der Waals surface area contributed by atoms with Gasteiger partial charge in [0.05, 0.1) is 0 Å². The molecule has 9 heteroatoms. The Morgan fingerprint density at radius 3 is 2.30 bits per heavy atom. The van der Waals surface area contributed by atoms with E-state index in [1.54, 1.807) is 63.2 Å². The van der Waals surface area contributed by atoms with E-state index in [-0.39, 0.29) is 42.7 Å². The van der Waals surface area contributed by atoms with Crippen molar-refractivity contribution in [2.45, 2.75) is 57.6 Å². The fourth-order valence-electron chi connectivity index (χ4n) is 4.60. The van der Waals surface area contributed by atoms with Gasteiger partial charge in [-0.25, -0.2) is 4.79 Å². The molecule has 0 bridgehead atoms. The molecule has 0 spiro atoms. The molecule has 0 saturated carbocycles. The van der Waals surface area contributed by atoms with Crippen LogP contribution in [0.4, 0.5) is 10.5 Å². The highest BCUT2D eigenvalue weighted by Crippen LogP contribution is 2.38. The number of piperidine rings is 1. The first-order valence-corrected chi connectivity index (χ1v) is 12.3. The van der Waals surface area contributed by atoms with E-state index in [0.29, 0.717) is 5.69 Å². The van der Waals surface area contributed by atoms with Crippen molar-refractivity contribution in [1.29, 1.82) is 0 Å². The predicted molar refractivity (Wildman–Crippen MR) is 139 cm³/mol. The third-order valence-corrected chi connectivity index (χ3v) is 6.50. The molecule has 9 nitrogen and oxygen atoms in total. The summed E-state index contributed by atoms with van der Waals surface area (Å²) in [7, 11) is 1.43. The zero-order valence-electron chi connectivity index (χ0n) is 21.9. The number of nitrogens with one attached hydrogen (secondary N) is 2. The Labute approximate surface area is 217 Å². The van der Waals surface area contributed by atoms with Gasteiger partial charge in [0, 0.05) is 37.5 Å². The molecule has 0 aliphatic carbocycles. The number of carbonyl (C=O) groups is 4. The number of hydrogen-bond donors (Lipinski definition) is 3. The van der Waals surface area contributed by atoms with Crippen LogP contribution >= 0.6 is 0 Å². The highest BCUT2D eigenvalue weighted by molar-refractivity contribution is 6.22. The molecule has 1 aliphatic rings. The highest BCUT2D eigenvalue weighted by Gasteiger charge is 2.54. The fraction of sp³-hybridized carbons (Fsp3) is 0.429. The van der Waals surface area contributed by atoms with Crippen LogP contribution in [0, 0.1) is 5.92 Å². The largest absolute Gasteiger partial charge is 0.508 e. The lowest BCUT2D eigenvalue weighted by molar-refractivity contribution is -0.144. The standard InChI is InChI=1S/C28H35N3O6/c1-27(2,3)37-26(36)30-17-20(18-11-13-22(32)14-12-18)15-19-16-23(33)28(4,25(35)29-5)31(24(19)34)21-9-7-6-8-10-21/h6-14,19-20,32H,15-17H2,1-5H3,(H,29,35)(H,30,36)/t19?,20-,28?/m0/s1. The summed E-state index contributed by atoms with van der Waals surface area (Å²) in [6.07, 6.45) is -0.480. The number of phenols is 1. The lowest BCUT2D eigenvalue weighted by atomic mass is 9.76. The number of benzene rings is 2. The van der Waals surface area contributed by atoms with E-state index in [2.05, 4.69) is 10.6 Å². The summed E-state index contributed by atoms with van der Waals surface area (Å²) in [5.74, 6) is -2.29. The summed E-state index contributed by atoms with van der Waals surface area (Å²) in [5, 5.41) is 15.0.